The molecule has 0 saturated carbocycles. The van der Waals surface area contributed by atoms with Gasteiger partial charge in [-0.15, -0.1) is 0 Å². The van der Waals surface area contributed by atoms with Crippen molar-refractivity contribution in [1.29, 1.82) is 0 Å². The Bertz CT molecular complexity index is 902. The van der Waals surface area contributed by atoms with Gasteiger partial charge in [-0.25, -0.2) is 8.42 Å². The van der Waals surface area contributed by atoms with Crippen LogP contribution in [0.5, 0.6) is 5.75 Å². The van der Waals surface area contributed by atoms with Crippen LogP contribution in [0.2, 0.25) is 0 Å². The Balaban J connectivity index is 2.22. The molecule has 7 heteroatoms. The second kappa shape index (κ2) is 9.21. The lowest BCUT2D eigenvalue weighted by atomic mass is 10.0. The highest BCUT2D eigenvalue weighted by Gasteiger charge is 2.26. The largest absolute Gasteiger partial charge is 0.497 e. The molecule has 0 aromatic heterocycles. The molecule has 2 aromatic rings. The Hall–Kier alpha value is -2.38. The van der Waals surface area contributed by atoms with Gasteiger partial charge in [0.2, 0.25) is 15.9 Å². The summed E-state index contributed by atoms with van der Waals surface area (Å²) in [6.45, 7) is 7.78. The van der Waals surface area contributed by atoms with Gasteiger partial charge >= 0.3 is 0 Å². The van der Waals surface area contributed by atoms with Crippen molar-refractivity contribution < 1.29 is 17.9 Å². The average molecular weight is 405 g/mol. The number of carbonyl (C=O) groups is 1. The molecule has 0 unspecified atom stereocenters. The van der Waals surface area contributed by atoms with E-state index in [9.17, 15) is 13.2 Å². The van der Waals surface area contributed by atoms with E-state index in [1.807, 2.05) is 45.9 Å². The Morgan fingerprint density at radius 2 is 1.61 bits per heavy atom. The van der Waals surface area contributed by atoms with Crippen LogP contribution in [0.4, 0.5) is 5.69 Å². The lowest BCUT2D eigenvalue weighted by Crippen LogP contribution is -2.44. The molecule has 0 aliphatic carbocycles. The molecule has 2 rings (SSSR count). The van der Waals surface area contributed by atoms with Crippen LogP contribution in [0.25, 0.3) is 0 Å². The highest BCUT2D eigenvalue weighted by molar-refractivity contribution is 7.89. The SMILES string of the molecule is COc1ccc(S(=O)(=O)N[C@H](CC(C)C)C(=O)Nc2cc(C)cc(C)c2)cc1. The molecule has 2 N–H and O–H groups in total. The Morgan fingerprint density at radius 3 is 2.11 bits per heavy atom. The van der Waals surface area contributed by atoms with Crippen molar-refractivity contribution in [3.63, 3.8) is 0 Å². The van der Waals surface area contributed by atoms with Crippen molar-refractivity contribution in [2.75, 3.05) is 12.4 Å². The fourth-order valence-electron chi connectivity index (χ4n) is 2.97. The fourth-order valence-corrected chi connectivity index (χ4v) is 4.17. The summed E-state index contributed by atoms with van der Waals surface area (Å²) in [5, 5.41) is 2.84. The van der Waals surface area contributed by atoms with Crippen molar-refractivity contribution in [1.82, 2.24) is 4.72 Å². The molecule has 0 radical (unpaired) electrons. The topological polar surface area (TPSA) is 84.5 Å². The second-order valence-corrected chi connectivity index (χ2v) is 9.06. The lowest BCUT2D eigenvalue weighted by molar-refractivity contribution is -0.118. The molecule has 1 atom stereocenters. The number of nitrogens with one attached hydrogen (secondary N) is 2. The second-order valence-electron chi connectivity index (χ2n) is 7.34. The third-order valence-corrected chi connectivity index (χ3v) is 5.67. The highest BCUT2D eigenvalue weighted by atomic mass is 32.2. The van der Waals surface area contributed by atoms with Gasteiger partial charge in [0.05, 0.1) is 12.0 Å². The predicted molar refractivity (Wildman–Crippen MR) is 111 cm³/mol. The maximum atomic E-state index is 12.8. The molecule has 0 bridgehead atoms. The quantitative estimate of drug-likeness (QED) is 0.703. The maximum Gasteiger partial charge on any atom is 0.242 e. The first kappa shape index (κ1) is 21.9. The number of sulfonamides is 1. The van der Waals surface area contributed by atoms with E-state index in [4.69, 9.17) is 4.74 Å². The number of rotatable bonds is 8. The van der Waals surface area contributed by atoms with E-state index in [0.717, 1.165) is 11.1 Å². The Kier molecular flexibility index (Phi) is 7.21. The first-order valence-corrected chi connectivity index (χ1v) is 10.6. The van der Waals surface area contributed by atoms with E-state index in [1.54, 1.807) is 12.1 Å². The summed E-state index contributed by atoms with van der Waals surface area (Å²) in [6.07, 6.45) is 0.381. The van der Waals surface area contributed by atoms with Gasteiger partial charge in [0.1, 0.15) is 11.8 Å². The van der Waals surface area contributed by atoms with Gasteiger partial charge in [-0.05, 0) is 73.7 Å². The highest BCUT2D eigenvalue weighted by Crippen LogP contribution is 2.18. The van der Waals surface area contributed by atoms with Crippen LogP contribution in [0.3, 0.4) is 0 Å². The summed E-state index contributed by atoms with van der Waals surface area (Å²) in [4.78, 5) is 12.9. The summed E-state index contributed by atoms with van der Waals surface area (Å²) in [5.41, 5.74) is 2.70. The normalized spacial score (nSPS) is 12.6. The molecule has 152 valence electrons. The number of hydrogen-bond acceptors (Lipinski definition) is 4. The smallest absolute Gasteiger partial charge is 0.242 e. The molecule has 0 saturated heterocycles. The first-order valence-electron chi connectivity index (χ1n) is 9.16. The number of aryl methyl sites for hydroxylation is 2. The fraction of sp³-hybridized carbons (Fsp3) is 0.381. The number of anilines is 1. The zero-order valence-electron chi connectivity index (χ0n) is 16.9. The molecule has 6 nitrogen and oxygen atoms in total. The van der Waals surface area contributed by atoms with Gasteiger partial charge in [0, 0.05) is 5.69 Å². The van der Waals surface area contributed by atoms with Crippen molar-refractivity contribution in [2.45, 2.75) is 45.1 Å². The molecular weight excluding hydrogens is 376 g/mol. The molecule has 0 fully saturated rings. The van der Waals surface area contributed by atoms with Crippen LogP contribution in [0.15, 0.2) is 47.4 Å². The van der Waals surface area contributed by atoms with E-state index < -0.39 is 16.1 Å². The molecule has 2 aromatic carbocycles. The van der Waals surface area contributed by atoms with Crippen molar-refractivity contribution >= 4 is 21.6 Å². The molecule has 0 aliphatic heterocycles. The van der Waals surface area contributed by atoms with E-state index in [-0.39, 0.29) is 16.7 Å². The Morgan fingerprint density at radius 1 is 1.04 bits per heavy atom. The van der Waals surface area contributed by atoms with Crippen LogP contribution in [0.1, 0.15) is 31.4 Å². The van der Waals surface area contributed by atoms with E-state index >= 15 is 0 Å². The number of methoxy groups -OCH3 is 1. The number of carbonyl (C=O) groups excluding carboxylic acids is 1. The van der Waals surface area contributed by atoms with Crippen LogP contribution in [-0.2, 0) is 14.8 Å². The van der Waals surface area contributed by atoms with Crippen LogP contribution in [-0.4, -0.2) is 27.5 Å². The summed E-state index contributed by atoms with van der Waals surface area (Å²) in [7, 11) is -2.34. The number of amides is 1. The average Bonchev–Trinajstić information content (AvgIpc) is 2.59. The predicted octanol–water partition coefficient (Wildman–Crippen LogP) is 3.64. The minimum atomic E-state index is -3.85. The zero-order valence-corrected chi connectivity index (χ0v) is 17.8. The monoisotopic (exact) mass is 404 g/mol. The number of benzene rings is 2. The lowest BCUT2D eigenvalue weighted by Gasteiger charge is -2.20. The summed E-state index contributed by atoms with van der Waals surface area (Å²) >= 11 is 0. The number of hydrogen-bond donors (Lipinski definition) is 2. The molecule has 0 spiro atoms. The van der Waals surface area contributed by atoms with Gasteiger partial charge in [-0.3, -0.25) is 4.79 Å². The van der Waals surface area contributed by atoms with Gasteiger partial charge in [-0.2, -0.15) is 4.72 Å². The van der Waals surface area contributed by atoms with Crippen molar-refractivity contribution in [3.05, 3.63) is 53.6 Å². The summed E-state index contributed by atoms with van der Waals surface area (Å²) < 4.78 is 33.1. The van der Waals surface area contributed by atoms with Crippen molar-refractivity contribution in [2.24, 2.45) is 5.92 Å². The zero-order chi connectivity index (χ0) is 20.9. The third-order valence-electron chi connectivity index (χ3n) is 4.18. The van der Waals surface area contributed by atoms with Crippen LogP contribution in [0, 0.1) is 19.8 Å². The third kappa shape index (κ3) is 6.07. The molecule has 1 amide bonds. The molecule has 28 heavy (non-hydrogen) atoms. The van der Waals surface area contributed by atoms with Gasteiger partial charge in [-0.1, -0.05) is 19.9 Å². The summed E-state index contributed by atoms with van der Waals surface area (Å²) in [6, 6.07) is 10.9. The molecule has 0 aliphatic rings. The van der Waals surface area contributed by atoms with Gasteiger partial charge in [0.15, 0.2) is 0 Å². The molecular formula is C21H28N2O4S. The van der Waals surface area contributed by atoms with Gasteiger partial charge in [0.25, 0.3) is 0 Å². The van der Waals surface area contributed by atoms with Crippen molar-refractivity contribution in [3.8, 4) is 5.75 Å². The maximum absolute atomic E-state index is 12.8. The first-order chi connectivity index (χ1) is 13.1. The number of ether oxygens (including phenoxy) is 1. The Labute approximate surface area is 167 Å². The van der Waals surface area contributed by atoms with E-state index in [2.05, 4.69) is 10.0 Å². The van der Waals surface area contributed by atoms with Crippen LogP contribution >= 0.6 is 0 Å². The minimum Gasteiger partial charge on any atom is -0.497 e. The van der Waals surface area contributed by atoms with E-state index in [1.165, 1.54) is 19.2 Å². The van der Waals surface area contributed by atoms with Gasteiger partial charge < -0.3 is 10.1 Å². The van der Waals surface area contributed by atoms with Crippen LogP contribution < -0.4 is 14.8 Å². The standard InChI is InChI=1S/C21H28N2O4S/c1-14(2)10-20(21(24)22-17-12-15(3)11-16(4)13-17)23-28(25,26)19-8-6-18(27-5)7-9-19/h6-9,11-14,20,23H,10H2,1-5H3,(H,22,24)/t20-/m1/s1. The summed E-state index contributed by atoms with van der Waals surface area (Å²) in [5.74, 6) is 0.314. The molecule has 0 heterocycles. The minimum absolute atomic E-state index is 0.0845. The van der Waals surface area contributed by atoms with E-state index in [0.29, 0.717) is 17.9 Å².